The molecular weight excluding hydrogens is 232 g/mol. The van der Waals surface area contributed by atoms with E-state index in [1.54, 1.807) is 0 Å². The Morgan fingerprint density at radius 3 is 2.65 bits per heavy atom. The minimum atomic E-state index is 0.459. The van der Waals surface area contributed by atoms with E-state index in [1.165, 1.54) is 12.8 Å². The Hall–Kier alpha value is -0.730. The molecule has 0 heterocycles. The molecule has 0 amide bonds. The van der Waals surface area contributed by atoms with Gasteiger partial charge in [0.05, 0.1) is 10.7 Å². The summed E-state index contributed by atoms with van der Waals surface area (Å²) in [6, 6.07) is 6.46. The lowest BCUT2D eigenvalue weighted by atomic mass is 10.1. The van der Waals surface area contributed by atoms with Gasteiger partial charge in [-0.2, -0.15) is 0 Å². The van der Waals surface area contributed by atoms with Gasteiger partial charge in [-0.05, 0) is 44.2 Å². The molecule has 1 aliphatic rings. The van der Waals surface area contributed by atoms with Crippen molar-refractivity contribution in [3.8, 4) is 0 Å². The summed E-state index contributed by atoms with van der Waals surface area (Å²) in [5.74, 6) is 0.847. The summed E-state index contributed by atoms with van der Waals surface area (Å²) >= 11 is 6.35. The molecule has 17 heavy (non-hydrogen) atoms. The highest BCUT2D eigenvalue weighted by Gasteiger charge is 2.27. The van der Waals surface area contributed by atoms with E-state index < -0.39 is 0 Å². The molecule has 3 heteroatoms. The Morgan fingerprint density at radius 2 is 2.12 bits per heavy atom. The fraction of sp³-hybridized carbons (Fsp3) is 0.571. The summed E-state index contributed by atoms with van der Waals surface area (Å²) in [5, 5.41) is 0.822. The van der Waals surface area contributed by atoms with Gasteiger partial charge >= 0.3 is 0 Å². The largest absolute Gasteiger partial charge is 0.367 e. The third kappa shape index (κ3) is 2.93. The number of benzene rings is 1. The Labute approximate surface area is 109 Å². The predicted octanol–water partition coefficient (Wildman–Crippen LogP) is 3.42. The van der Waals surface area contributed by atoms with E-state index in [0.717, 1.165) is 28.7 Å². The summed E-state index contributed by atoms with van der Waals surface area (Å²) in [4.78, 5) is 2.40. The van der Waals surface area contributed by atoms with Crippen molar-refractivity contribution in [3.05, 3.63) is 28.8 Å². The van der Waals surface area contributed by atoms with Crippen molar-refractivity contribution < 1.29 is 0 Å². The maximum absolute atomic E-state index is 6.35. The molecule has 0 spiro atoms. The second-order valence-corrected chi connectivity index (χ2v) is 5.55. The summed E-state index contributed by atoms with van der Waals surface area (Å²) in [7, 11) is 0. The van der Waals surface area contributed by atoms with E-state index in [0.29, 0.717) is 12.6 Å². The molecule has 2 nitrogen and oxygen atoms in total. The molecule has 1 aromatic carbocycles. The molecule has 2 N–H and O–H groups in total. The molecule has 0 saturated heterocycles. The quantitative estimate of drug-likeness (QED) is 0.870. The molecule has 1 aliphatic carbocycles. The summed E-state index contributed by atoms with van der Waals surface area (Å²) < 4.78 is 0. The van der Waals surface area contributed by atoms with E-state index in [-0.39, 0.29) is 0 Å². The molecular formula is C14H21ClN2. The van der Waals surface area contributed by atoms with Crippen LogP contribution in [0.1, 0.15) is 32.3 Å². The van der Waals surface area contributed by atoms with E-state index in [9.17, 15) is 0 Å². The van der Waals surface area contributed by atoms with Crippen LogP contribution in [0.5, 0.6) is 0 Å². The predicted molar refractivity (Wildman–Crippen MR) is 74.5 cm³/mol. The maximum Gasteiger partial charge on any atom is 0.0643 e. The number of anilines is 1. The van der Waals surface area contributed by atoms with Crippen LogP contribution in [0, 0.1) is 5.92 Å². The van der Waals surface area contributed by atoms with Gasteiger partial charge in [0.2, 0.25) is 0 Å². The Balaban J connectivity index is 2.32. The van der Waals surface area contributed by atoms with Crippen molar-refractivity contribution in [1.29, 1.82) is 0 Å². The monoisotopic (exact) mass is 252 g/mol. The van der Waals surface area contributed by atoms with Crippen LogP contribution in [0.25, 0.3) is 0 Å². The Kier molecular flexibility index (Phi) is 3.95. The highest BCUT2D eigenvalue weighted by atomic mass is 35.5. The van der Waals surface area contributed by atoms with Crippen molar-refractivity contribution >= 4 is 17.3 Å². The fourth-order valence-electron chi connectivity index (χ4n) is 2.19. The molecule has 2 rings (SSSR count). The SMILES string of the molecule is CC(C)N(CC1CC1)c1c(Cl)cccc1CN. The van der Waals surface area contributed by atoms with E-state index in [4.69, 9.17) is 17.3 Å². The zero-order chi connectivity index (χ0) is 12.4. The Morgan fingerprint density at radius 1 is 1.41 bits per heavy atom. The minimum Gasteiger partial charge on any atom is -0.367 e. The molecule has 1 saturated carbocycles. The summed E-state index contributed by atoms with van der Waals surface area (Å²) in [5.41, 5.74) is 8.10. The number of hydrogen-bond acceptors (Lipinski definition) is 2. The highest BCUT2D eigenvalue weighted by Crippen LogP contribution is 2.36. The number of para-hydroxylation sites is 1. The third-order valence-corrected chi connectivity index (χ3v) is 3.66. The maximum atomic E-state index is 6.35. The normalized spacial score (nSPS) is 15.4. The first-order chi connectivity index (χ1) is 8.13. The average molecular weight is 253 g/mol. The van der Waals surface area contributed by atoms with Crippen molar-refractivity contribution in [2.75, 3.05) is 11.4 Å². The van der Waals surface area contributed by atoms with Gasteiger partial charge in [0.1, 0.15) is 0 Å². The van der Waals surface area contributed by atoms with Crippen LogP contribution >= 0.6 is 11.6 Å². The van der Waals surface area contributed by atoms with Gasteiger partial charge in [0.25, 0.3) is 0 Å². The van der Waals surface area contributed by atoms with Gasteiger partial charge in [-0.25, -0.2) is 0 Å². The average Bonchev–Trinajstić information content (AvgIpc) is 3.09. The van der Waals surface area contributed by atoms with E-state index >= 15 is 0 Å². The van der Waals surface area contributed by atoms with Crippen LogP contribution in [-0.2, 0) is 6.54 Å². The molecule has 0 bridgehead atoms. The van der Waals surface area contributed by atoms with Crippen LogP contribution in [0.2, 0.25) is 5.02 Å². The van der Waals surface area contributed by atoms with Crippen molar-refractivity contribution in [1.82, 2.24) is 0 Å². The number of rotatable bonds is 5. The van der Waals surface area contributed by atoms with Gasteiger partial charge in [-0.1, -0.05) is 23.7 Å². The van der Waals surface area contributed by atoms with E-state index in [1.807, 2.05) is 12.1 Å². The Bertz CT molecular complexity index is 386. The third-order valence-electron chi connectivity index (χ3n) is 3.35. The summed E-state index contributed by atoms with van der Waals surface area (Å²) in [6.45, 7) is 6.08. The van der Waals surface area contributed by atoms with Crippen LogP contribution in [0.4, 0.5) is 5.69 Å². The molecule has 0 radical (unpaired) electrons. The lowest BCUT2D eigenvalue weighted by Gasteiger charge is -2.31. The topological polar surface area (TPSA) is 29.3 Å². The molecule has 94 valence electrons. The standard InChI is InChI=1S/C14H21ClN2/c1-10(2)17(9-11-6-7-11)14-12(8-16)4-3-5-13(14)15/h3-5,10-11H,6-9,16H2,1-2H3. The van der Waals surface area contributed by atoms with Gasteiger partial charge in [0, 0.05) is 19.1 Å². The zero-order valence-electron chi connectivity index (χ0n) is 10.6. The molecule has 0 aromatic heterocycles. The van der Waals surface area contributed by atoms with Gasteiger partial charge in [0.15, 0.2) is 0 Å². The first kappa shape index (κ1) is 12.7. The van der Waals surface area contributed by atoms with Gasteiger partial charge in [-0.15, -0.1) is 0 Å². The molecule has 1 aromatic rings. The lowest BCUT2D eigenvalue weighted by Crippen LogP contribution is -2.34. The number of nitrogens with two attached hydrogens (primary N) is 1. The first-order valence-corrected chi connectivity index (χ1v) is 6.75. The zero-order valence-corrected chi connectivity index (χ0v) is 11.4. The number of nitrogens with zero attached hydrogens (tertiary/aromatic N) is 1. The highest BCUT2D eigenvalue weighted by molar-refractivity contribution is 6.33. The van der Waals surface area contributed by atoms with Gasteiger partial charge in [-0.3, -0.25) is 0 Å². The van der Waals surface area contributed by atoms with Crippen LogP contribution in [0.3, 0.4) is 0 Å². The van der Waals surface area contributed by atoms with Crippen LogP contribution < -0.4 is 10.6 Å². The number of halogens is 1. The fourth-order valence-corrected chi connectivity index (χ4v) is 2.49. The molecule has 0 unspecified atom stereocenters. The summed E-state index contributed by atoms with van der Waals surface area (Å²) in [6.07, 6.45) is 2.71. The van der Waals surface area contributed by atoms with Crippen molar-refractivity contribution in [2.24, 2.45) is 11.7 Å². The second-order valence-electron chi connectivity index (χ2n) is 5.14. The molecule has 0 aliphatic heterocycles. The smallest absolute Gasteiger partial charge is 0.0643 e. The molecule has 0 atom stereocenters. The lowest BCUT2D eigenvalue weighted by molar-refractivity contribution is 0.642. The van der Waals surface area contributed by atoms with Crippen molar-refractivity contribution in [3.63, 3.8) is 0 Å². The first-order valence-electron chi connectivity index (χ1n) is 6.37. The van der Waals surface area contributed by atoms with E-state index in [2.05, 4.69) is 24.8 Å². The van der Waals surface area contributed by atoms with Gasteiger partial charge < -0.3 is 10.6 Å². The van der Waals surface area contributed by atoms with Crippen LogP contribution in [-0.4, -0.2) is 12.6 Å². The number of hydrogen-bond donors (Lipinski definition) is 1. The second kappa shape index (κ2) is 5.28. The van der Waals surface area contributed by atoms with Crippen molar-refractivity contribution in [2.45, 2.75) is 39.3 Å². The molecule has 1 fully saturated rings. The minimum absolute atomic E-state index is 0.459. The van der Waals surface area contributed by atoms with Crippen LogP contribution in [0.15, 0.2) is 18.2 Å².